The molecule has 4 heteroatoms. The van der Waals surface area contributed by atoms with E-state index in [1.54, 1.807) is 0 Å². The summed E-state index contributed by atoms with van der Waals surface area (Å²) in [6, 6.07) is 18.8. The van der Waals surface area contributed by atoms with E-state index in [1.165, 1.54) is 19.8 Å². The number of ether oxygens (including phenoxy) is 1. The van der Waals surface area contributed by atoms with Crippen LogP contribution in [0.2, 0.25) is 0 Å². The summed E-state index contributed by atoms with van der Waals surface area (Å²) in [5.41, 5.74) is 4.68. The van der Waals surface area contributed by atoms with Crippen LogP contribution in [0.3, 0.4) is 0 Å². The molecule has 0 aromatic heterocycles. The summed E-state index contributed by atoms with van der Waals surface area (Å²) in [6.45, 7) is 4.46. The van der Waals surface area contributed by atoms with Crippen molar-refractivity contribution in [3.8, 4) is 0 Å². The highest BCUT2D eigenvalue weighted by Crippen LogP contribution is 2.53. The molecule has 0 N–H and O–H groups in total. The molecular weight excluding hydrogens is 364 g/mol. The number of esters is 1. The Bertz CT molecular complexity index is 871. The van der Waals surface area contributed by atoms with Crippen LogP contribution >= 0.6 is 0 Å². The number of fused-ring (bicyclic) bond motifs is 1. The largest absolute Gasteiger partial charge is 0.466 e. The van der Waals surface area contributed by atoms with Gasteiger partial charge < -0.3 is 4.74 Å². The van der Waals surface area contributed by atoms with Crippen LogP contribution in [0.5, 0.6) is 0 Å². The summed E-state index contributed by atoms with van der Waals surface area (Å²) in [5, 5.41) is 0. The number of carbonyl (C=O) groups excluding carboxylic acids is 1. The van der Waals surface area contributed by atoms with Crippen molar-refractivity contribution in [1.82, 2.24) is 0 Å². The molecule has 0 saturated heterocycles. The van der Waals surface area contributed by atoms with Gasteiger partial charge in [-0.2, -0.15) is 0 Å². The van der Waals surface area contributed by atoms with Crippen molar-refractivity contribution >= 4 is 5.97 Å². The predicted molar refractivity (Wildman–Crippen MR) is 114 cm³/mol. The van der Waals surface area contributed by atoms with Crippen LogP contribution in [-0.2, 0) is 24.7 Å². The minimum atomic E-state index is -0.470. The molecule has 2 unspecified atom stereocenters. The van der Waals surface area contributed by atoms with E-state index in [9.17, 15) is 4.79 Å². The molecule has 3 rings (SSSR count). The minimum absolute atomic E-state index is 0.0902. The zero-order valence-corrected chi connectivity index (χ0v) is 17.7. The summed E-state index contributed by atoms with van der Waals surface area (Å²) in [5.74, 6) is -0.397. The van der Waals surface area contributed by atoms with E-state index in [2.05, 4.69) is 56.3 Å². The van der Waals surface area contributed by atoms with E-state index in [4.69, 9.17) is 14.5 Å². The van der Waals surface area contributed by atoms with Gasteiger partial charge in [0.25, 0.3) is 0 Å². The number of carbonyl (C=O) groups is 1. The second kappa shape index (κ2) is 9.38. The van der Waals surface area contributed by atoms with Crippen molar-refractivity contribution < 1.29 is 19.3 Å². The highest BCUT2D eigenvalue weighted by atomic mass is 17.2. The normalized spacial score (nSPS) is 21.0. The Morgan fingerprint density at radius 3 is 2.38 bits per heavy atom. The SMILES string of the molecule is CCCCC1(c2ccccc2)C(COOC)=C(C(=O)OC)C(C)c2ccccc21. The fourth-order valence-corrected chi connectivity index (χ4v) is 4.73. The Kier molecular flexibility index (Phi) is 6.88. The Morgan fingerprint density at radius 1 is 1.03 bits per heavy atom. The molecule has 154 valence electrons. The summed E-state index contributed by atoms with van der Waals surface area (Å²) in [7, 11) is 2.93. The maximum absolute atomic E-state index is 13.0. The molecule has 0 fully saturated rings. The van der Waals surface area contributed by atoms with Crippen molar-refractivity contribution in [3.05, 3.63) is 82.4 Å². The van der Waals surface area contributed by atoms with Gasteiger partial charge in [0, 0.05) is 16.9 Å². The maximum Gasteiger partial charge on any atom is 0.334 e. The first-order valence-corrected chi connectivity index (χ1v) is 10.2. The molecular formula is C25H30O4. The second-order valence-corrected chi connectivity index (χ2v) is 7.50. The molecule has 29 heavy (non-hydrogen) atoms. The summed E-state index contributed by atoms with van der Waals surface area (Å²) < 4.78 is 5.23. The quantitative estimate of drug-likeness (QED) is 0.345. The van der Waals surface area contributed by atoms with E-state index >= 15 is 0 Å². The summed E-state index contributed by atoms with van der Waals surface area (Å²) >= 11 is 0. The molecule has 0 aliphatic heterocycles. The Labute approximate surface area is 173 Å². The number of methoxy groups -OCH3 is 1. The molecule has 0 bridgehead atoms. The van der Waals surface area contributed by atoms with Gasteiger partial charge in [-0.15, -0.1) is 0 Å². The number of hydrogen-bond donors (Lipinski definition) is 0. The predicted octanol–water partition coefficient (Wildman–Crippen LogP) is 5.33. The molecule has 2 aromatic carbocycles. The van der Waals surface area contributed by atoms with Gasteiger partial charge in [-0.05, 0) is 28.7 Å². The Morgan fingerprint density at radius 2 is 1.72 bits per heavy atom. The first-order valence-electron chi connectivity index (χ1n) is 10.2. The van der Waals surface area contributed by atoms with Gasteiger partial charge in [0.15, 0.2) is 0 Å². The molecule has 0 heterocycles. The Balaban J connectivity index is 2.40. The van der Waals surface area contributed by atoms with Gasteiger partial charge in [0.05, 0.1) is 14.2 Å². The minimum Gasteiger partial charge on any atom is -0.466 e. The molecule has 0 spiro atoms. The molecule has 1 aliphatic carbocycles. The van der Waals surface area contributed by atoms with Crippen molar-refractivity contribution in [2.24, 2.45) is 0 Å². The van der Waals surface area contributed by atoms with Crippen molar-refractivity contribution in [1.29, 1.82) is 0 Å². The molecule has 2 atom stereocenters. The lowest BCUT2D eigenvalue weighted by Gasteiger charge is -2.44. The van der Waals surface area contributed by atoms with Gasteiger partial charge in [-0.1, -0.05) is 81.3 Å². The number of hydrogen-bond acceptors (Lipinski definition) is 4. The first-order chi connectivity index (χ1) is 14.1. The molecule has 1 aliphatic rings. The topological polar surface area (TPSA) is 44.8 Å². The van der Waals surface area contributed by atoms with Crippen LogP contribution in [0, 0.1) is 0 Å². The summed E-state index contributed by atoms with van der Waals surface area (Å²) in [6.07, 6.45) is 2.95. The lowest BCUT2D eigenvalue weighted by atomic mass is 9.58. The van der Waals surface area contributed by atoms with E-state index in [0.717, 1.165) is 36.0 Å². The number of benzene rings is 2. The zero-order chi connectivity index (χ0) is 20.9. The first kappa shape index (κ1) is 21.3. The average Bonchev–Trinajstić information content (AvgIpc) is 2.77. The van der Waals surface area contributed by atoms with Crippen molar-refractivity contribution in [2.75, 3.05) is 20.8 Å². The van der Waals surface area contributed by atoms with Gasteiger partial charge in [0.1, 0.15) is 6.61 Å². The molecule has 0 saturated carbocycles. The van der Waals surface area contributed by atoms with Crippen LogP contribution in [0.25, 0.3) is 0 Å². The van der Waals surface area contributed by atoms with Crippen LogP contribution < -0.4 is 0 Å². The third-order valence-electron chi connectivity index (χ3n) is 6.06. The van der Waals surface area contributed by atoms with E-state index < -0.39 is 5.41 Å². The van der Waals surface area contributed by atoms with Crippen molar-refractivity contribution in [2.45, 2.75) is 44.4 Å². The lowest BCUT2D eigenvalue weighted by Crippen LogP contribution is -2.40. The number of unbranched alkanes of at least 4 members (excludes halogenated alkanes) is 1. The molecule has 0 radical (unpaired) electrons. The van der Waals surface area contributed by atoms with Crippen molar-refractivity contribution in [3.63, 3.8) is 0 Å². The maximum atomic E-state index is 13.0. The van der Waals surface area contributed by atoms with Crippen LogP contribution in [0.1, 0.15) is 55.7 Å². The average molecular weight is 395 g/mol. The van der Waals surface area contributed by atoms with E-state index in [1.807, 2.05) is 12.1 Å². The lowest BCUT2D eigenvalue weighted by molar-refractivity contribution is -0.266. The fraction of sp³-hybridized carbons (Fsp3) is 0.400. The van der Waals surface area contributed by atoms with Crippen LogP contribution in [0.4, 0.5) is 0 Å². The van der Waals surface area contributed by atoms with Gasteiger partial charge >= 0.3 is 5.97 Å². The monoisotopic (exact) mass is 394 g/mol. The third-order valence-corrected chi connectivity index (χ3v) is 6.06. The highest BCUT2D eigenvalue weighted by Gasteiger charge is 2.47. The molecule has 4 nitrogen and oxygen atoms in total. The Hall–Kier alpha value is -2.43. The summed E-state index contributed by atoms with van der Waals surface area (Å²) in [4.78, 5) is 23.4. The third kappa shape index (κ3) is 3.75. The highest BCUT2D eigenvalue weighted by molar-refractivity contribution is 5.93. The number of rotatable bonds is 8. The van der Waals surface area contributed by atoms with Gasteiger partial charge in [-0.25, -0.2) is 14.6 Å². The second-order valence-electron chi connectivity index (χ2n) is 7.50. The zero-order valence-electron chi connectivity index (χ0n) is 17.7. The standard InChI is InChI=1S/C25H30O4/c1-5-6-16-25(19-12-8-7-9-13-19)21-15-11-10-14-20(21)18(2)23(24(26)27-3)22(25)17-29-28-4/h7-15,18H,5-6,16-17H2,1-4H3. The van der Waals surface area contributed by atoms with E-state index in [-0.39, 0.29) is 18.5 Å². The van der Waals surface area contributed by atoms with Crippen LogP contribution in [-0.4, -0.2) is 26.8 Å². The van der Waals surface area contributed by atoms with Gasteiger partial charge in [-0.3, -0.25) is 0 Å². The molecule has 2 aromatic rings. The van der Waals surface area contributed by atoms with E-state index in [0.29, 0.717) is 5.57 Å². The molecule has 0 amide bonds. The van der Waals surface area contributed by atoms with Gasteiger partial charge in [0.2, 0.25) is 0 Å². The van der Waals surface area contributed by atoms with Crippen LogP contribution in [0.15, 0.2) is 65.7 Å². The fourth-order valence-electron chi connectivity index (χ4n) is 4.73. The smallest absolute Gasteiger partial charge is 0.334 e.